The first-order valence-electron chi connectivity index (χ1n) is 9.09. The second-order valence-electron chi connectivity index (χ2n) is 7.84. The Balaban J connectivity index is 1.68. The molecule has 0 saturated carbocycles. The van der Waals surface area contributed by atoms with Crippen LogP contribution in [0.1, 0.15) is 41.4 Å². The molecule has 2 heterocycles. The van der Waals surface area contributed by atoms with Crippen LogP contribution in [0, 0.1) is 5.41 Å². The predicted octanol–water partition coefficient (Wildman–Crippen LogP) is 3.48. The topological polar surface area (TPSA) is 84.7 Å². The van der Waals surface area contributed by atoms with Crippen LogP contribution >= 0.6 is 0 Å². The largest absolute Gasteiger partial charge is 0.447 e. The highest BCUT2D eigenvalue weighted by atomic mass is 16.6. The molecule has 6 heteroatoms. The van der Waals surface area contributed by atoms with Crippen LogP contribution in [0.3, 0.4) is 0 Å². The van der Waals surface area contributed by atoms with E-state index >= 15 is 0 Å². The van der Waals surface area contributed by atoms with Gasteiger partial charge >= 0.3 is 6.09 Å². The van der Waals surface area contributed by atoms with Gasteiger partial charge in [0.15, 0.2) is 0 Å². The van der Waals surface area contributed by atoms with Crippen LogP contribution < -0.4 is 16.0 Å². The molecule has 0 aliphatic carbocycles. The summed E-state index contributed by atoms with van der Waals surface area (Å²) in [6.07, 6.45) is 0.518. The maximum absolute atomic E-state index is 11.9. The van der Waals surface area contributed by atoms with Crippen molar-refractivity contribution in [3.05, 3.63) is 59.2 Å². The van der Waals surface area contributed by atoms with Crippen LogP contribution in [-0.4, -0.2) is 25.2 Å². The van der Waals surface area contributed by atoms with E-state index in [0.29, 0.717) is 18.7 Å². The van der Waals surface area contributed by atoms with Crippen LogP contribution in [-0.2, 0) is 11.2 Å². The van der Waals surface area contributed by atoms with E-state index in [1.165, 1.54) is 0 Å². The SMILES string of the molecule is CC1(C)Cc2cc(C(N)=O)ccc2NC1c1cccc(N2CCOC2=O)c1. The van der Waals surface area contributed by atoms with E-state index in [4.69, 9.17) is 10.5 Å². The molecule has 0 aromatic heterocycles. The number of nitrogens with two attached hydrogens (primary N) is 1. The van der Waals surface area contributed by atoms with E-state index in [1.54, 1.807) is 11.0 Å². The molecule has 0 bridgehead atoms. The molecule has 27 heavy (non-hydrogen) atoms. The number of nitrogens with one attached hydrogen (secondary N) is 1. The van der Waals surface area contributed by atoms with Gasteiger partial charge < -0.3 is 15.8 Å². The van der Waals surface area contributed by atoms with Crippen LogP contribution in [0.25, 0.3) is 0 Å². The Morgan fingerprint density at radius 1 is 1.26 bits per heavy atom. The molecule has 140 valence electrons. The minimum atomic E-state index is -0.414. The lowest BCUT2D eigenvalue weighted by atomic mass is 9.72. The molecule has 1 unspecified atom stereocenters. The number of rotatable bonds is 3. The van der Waals surface area contributed by atoms with Gasteiger partial charge in [-0.25, -0.2) is 4.79 Å². The number of carbonyl (C=O) groups is 2. The second kappa shape index (κ2) is 6.30. The number of primary amides is 1. The van der Waals surface area contributed by atoms with Gasteiger partial charge in [0, 0.05) is 16.9 Å². The highest BCUT2D eigenvalue weighted by molar-refractivity contribution is 5.93. The number of cyclic esters (lactones) is 1. The average molecular weight is 365 g/mol. The Kier molecular flexibility index (Phi) is 4.06. The van der Waals surface area contributed by atoms with Crippen molar-refractivity contribution in [1.82, 2.24) is 0 Å². The smallest absolute Gasteiger partial charge is 0.414 e. The van der Waals surface area contributed by atoms with Crippen LogP contribution in [0.2, 0.25) is 0 Å². The van der Waals surface area contributed by atoms with Gasteiger partial charge in [-0.2, -0.15) is 0 Å². The molecular formula is C21H23N3O3. The van der Waals surface area contributed by atoms with Gasteiger partial charge in [0.2, 0.25) is 5.91 Å². The molecule has 4 rings (SSSR count). The first-order valence-corrected chi connectivity index (χ1v) is 9.09. The third-order valence-electron chi connectivity index (χ3n) is 5.39. The number of anilines is 2. The highest BCUT2D eigenvalue weighted by Gasteiger charge is 2.36. The lowest BCUT2D eigenvalue weighted by Crippen LogP contribution is -2.35. The fraction of sp³-hybridized carbons (Fsp3) is 0.333. The Bertz CT molecular complexity index is 923. The van der Waals surface area contributed by atoms with Crippen LogP contribution in [0.4, 0.5) is 16.2 Å². The maximum atomic E-state index is 11.9. The third kappa shape index (κ3) is 3.12. The number of hydrogen-bond acceptors (Lipinski definition) is 4. The summed E-state index contributed by atoms with van der Waals surface area (Å²) < 4.78 is 5.06. The summed E-state index contributed by atoms with van der Waals surface area (Å²) in [4.78, 5) is 25.0. The van der Waals surface area contributed by atoms with Crippen molar-refractivity contribution >= 4 is 23.4 Å². The van der Waals surface area contributed by atoms with E-state index in [0.717, 1.165) is 28.9 Å². The van der Waals surface area contributed by atoms with Crippen molar-refractivity contribution < 1.29 is 14.3 Å². The first kappa shape index (κ1) is 17.4. The molecule has 2 aliphatic heterocycles. The number of hydrogen-bond donors (Lipinski definition) is 2. The fourth-order valence-corrected chi connectivity index (χ4v) is 4.01. The van der Waals surface area contributed by atoms with E-state index < -0.39 is 5.91 Å². The number of fused-ring (bicyclic) bond motifs is 1. The summed E-state index contributed by atoms with van der Waals surface area (Å²) in [5, 5.41) is 3.61. The Morgan fingerprint density at radius 2 is 2.07 bits per heavy atom. The van der Waals surface area contributed by atoms with Gasteiger partial charge in [-0.3, -0.25) is 9.69 Å². The predicted molar refractivity (Wildman–Crippen MR) is 104 cm³/mol. The van der Waals surface area contributed by atoms with Gasteiger partial charge in [0.25, 0.3) is 0 Å². The zero-order valence-corrected chi connectivity index (χ0v) is 15.5. The minimum absolute atomic E-state index is 0.0722. The first-order chi connectivity index (χ1) is 12.8. The van der Waals surface area contributed by atoms with E-state index in [-0.39, 0.29) is 17.6 Å². The summed E-state index contributed by atoms with van der Waals surface area (Å²) in [5.74, 6) is -0.414. The number of nitrogens with zero attached hydrogens (tertiary/aromatic N) is 1. The molecule has 3 N–H and O–H groups in total. The molecule has 2 aliphatic rings. The molecule has 1 fully saturated rings. The zero-order valence-electron chi connectivity index (χ0n) is 15.5. The molecule has 6 nitrogen and oxygen atoms in total. The van der Waals surface area contributed by atoms with Crippen molar-refractivity contribution in [3.63, 3.8) is 0 Å². The van der Waals surface area contributed by atoms with Gasteiger partial charge in [0.05, 0.1) is 12.6 Å². The molecule has 0 radical (unpaired) electrons. The fourth-order valence-electron chi connectivity index (χ4n) is 4.01. The normalized spacial score (nSPS) is 20.6. The summed E-state index contributed by atoms with van der Waals surface area (Å²) in [6, 6.07) is 13.6. The quantitative estimate of drug-likeness (QED) is 0.872. The lowest BCUT2D eigenvalue weighted by molar-refractivity contribution is 0.1000. The van der Waals surface area contributed by atoms with Gasteiger partial charge in [0.1, 0.15) is 6.61 Å². The van der Waals surface area contributed by atoms with Crippen LogP contribution in [0.5, 0.6) is 0 Å². The molecule has 0 spiro atoms. The van der Waals surface area contributed by atoms with Gasteiger partial charge in [-0.05, 0) is 53.3 Å². The molecule has 2 aromatic rings. The second-order valence-corrected chi connectivity index (χ2v) is 7.84. The highest BCUT2D eigenvalue weighted by Crippen LogP contribution is 2.45. The van der Waals surface area contributed by atoms with Crippen molar-refractivity contribution in [2.75, 3.05) is 23.4 Å². The van der Waals surface area contributed by atoms with Crippen molar-refractivity contribution in [2.45, 2.75) is 26.3 Å². The monoisotopic (exact) mass is 365 g/mol. The summed E-state index contributed by atoms with van der Waals surface area (Å²) >= 11 is 0. The number of benzene rings is 2. The number of carbonyl (C=O) groups excluding carboxylic acids is 2. The Hall–Kier alpha value is -3.02. The zero-order chi connectivity index (χ0) is 19.2. The molecule has 1 saturated heterocycles. The van der Waals surface area contributed by atoms with Crippen molar-refractivity contribution in [1.29, 1.82) is 0 Å². The Morgan fingerprint density at radius 3 is 2.78 bits per heavy atom. The molecule has 2 amide bonds. The van der Waals surface area contributed by atoms with E-state index in [1.807, 2.05) is 24.3 Å². The van der Waals surface area contributed by atoms with Crippen LogP contribution in [0.15, 0.2) is 42.5 Å². The summed E-state index contributed by atoms with van der Waals surface area (Å²) in [7, 11) is 0. The van der Waals surface area contributed by atoms with Crippen molar-refractivity contribution in [3.8, 4) is 0 Å². The molecule has 1 atom stereocenters. The number of amides is 2. The van der Waals surface area contributed by atoms with E-state index in [2.05, 4.69) is 31.3 Å². The summed E-state index contributed by atoms with van der Waals surface area (Å²) in [5.41, 5.74) is 9.92. The average Bonchev–Trinajstić information content (AvgIpc) is 3.06. The lowest BCUT2D eigenvalue weighted by Gasteiger charge is -2.41. The van der Waals surface area contributed by atoms with Gasteiger partial charge in [-0.15, -0.1) is 0 Å². The van der Waals surface area contributed by atoms with Crippen molar-refractivity contribution in [2.24, 2.45) is 11.1 Å². The minimum Gasteiger partial charge on any atom is -0.447 e. The maximum Gasteiger partial charge on any atom is 0.414 e. The standard InChI is InChI=1S/C21H23N3O3/c1-21(2)12-15-10-14(19(22)25)6-7-17(15)23-18(21)13-4-3-5-16(11-13)24-8-9-27-20(24)26/h3-7,10-11,18,23H,8-9,12H2,1-2H3,(H2,22,25). The molecular weight excluding hydrogens is 342 g/mol. The third-order valence-corrected chi connectivity index (χ3v) is 5.39. The number of ether oxygens (including phenoxy) is 1. The Labute approximate surface area is 158 Å². The van der Waals surface area contributed by atoms with Gasteiger partial charge in [-0.1, -0.05) is 26.0 Å². The summed E-state index contributed by atoms with van der Waals surface area (Å²) in [6.45, 7) is 5.39. The molecule has 2 aromatic carbocycles. The van der Waals surface area contributed by atoms with E-state index in [9.17, 15) is 9.59 Å².